The van der Waals surface area contributed by atoms with Gasteiger partial charge in [0.15, 0.2) is 11.6 Å². The van der Waals surface area contributed by atoms with Gasteiger partial charge in [0.1, 0.15) is 11.6 Å². The van der Waals surface area contributed by atoms with E-state index in [-0.39, 0.29) is 12.2 Å². The van der Waals surface area contributed by atoms with E-state index in [1.165, 1.54) is 0 Å². The molecule has 4 nitrogen and oxygen atoms in total. The average molecular weight is 393 g/mol. The van der Waals surface area contributed by atoms with Gasteiger partial charge in [-0.05, 0) is 41.5 Å². The molecule has 29 heavy (non-hydrogen) atoms. The SMILES string of the molecule is O=C(O)Cc1cn(Cc2ccc(Oc3cc(F)ccc3F)cc2)c2ccccc12. The predicted molar refractivity (Wildman–Crippen MR) is 105 cm³/mol. The Morgan fingerprint density at radius 2 is 1.76 bits per heavy atom. The molecule has 0 fully saturated rings. The van der Waals surface area contributed by atoms with Crippen molar-refractivity contribution in [2.24, 2.45) is 0 Å². The Balaban J connectivity index is 1.56. The van der Waals surface area contributed by atoms with Crippen LogP contribution in [0.5, 0.6) is 11.5 Å². The maximum Gasteiger partial charge on any atom is 0.307 e. The number of benzene rings is 3. The number of para-hydroxylation sites is 1. The molecule has 0 aliphatic carbocycles. The number of rotatable bonds is 6. The van der Waals surface area contributed by atoms with Crippen molar-refractivity contribution in [1.82, 2.24) is 4.57 Å². The van der Waals surface area contributed by atoms with Crippen molar-refractivity contribution in [3.8, 4) is 11.5 Å². The molecule has 0 saturated carbocycles. The normalized spacial score (nSPS) is 11.0. The molecule has 0 unspecified atom stereocenters. The van der Waals surface area contributed by atoms with Crippen molar-refractivity contribution in [3.63, 3.8) is 0 Å². The van der Waals surface area contributed by atoms with E-state index in [1.807, 2.05) is 47.2 Å². The van der Waals surface area contributed by atoms with Crippen LogP contribution in [-0.2, 0) is 17.8 Å². The van der Waals surface area contributed by atoms with Gasteiger partial charge in [0.25, 0.3) is 0 Å². The minimum absolute atomic E-state index is 0.0422. The molecular formula is C23H17F2NO3. The first kappa shape index (κ1) is 18.7. The molecule has 4 rings (SSSR count). The van der Waals surface area contributed by atoms with Crippen molar-refractivity contribution in [2.75, 3.05) is 0 Å². The van der Waals surface area contributed by atoms with E-state index < -0.39 is 17.6 Å². The molecule has 0 atom stereocenters. The topological polar surface area (TPSA) is 51.5 Å². The molecule has 0 radical (unpaired) electrons. The van der Waals surface area contributed by atoms with Gasteiger partial charge in [0.05, 0.1) is 6.42 Å². The molecule has 1 aromatic heterocycles. The number of halogens is 2. The summed E-state index contributed by atoms with van der Waals surface area (Å²) in [4.78, 5) is 11.1. The summed E-state index contributed by atoms with van der Waals surface area (Å²) in [6.45, 7) is 0.536. The van der Waals surface area contributed by atoms with Crippen molar-refractivity contribution >= 4 is 16.9 Å². The number of nitrogens with zero attached hydrogens (tertiary/aromatic N) is 1. The molecule has 0 spiro atoms. The number of hydrogen-bond donors (Lipinski definition) is 1. The quantitative estimate of drug-likeness (QED) is 0.478. The van der Waals surface area contributed by atoms with Gasteiger partial charge in [-0.25, -0.2) is 8.78 Å². The van der Waals surface area contributed by atoms with E-state index in [1.54, 1.807) is 12.1 Å². The van der Waals surface area contributed by atoms with Crippen LogP contribution in [0.4, 0.5) is 8.78 Å². The van der Waals surface area contributed by atoms with Crippen LogP contribution >= 0.6 is 0 Å². The summed E-state index contributed by atoms with van der Waals surface area (Å²) in [6.07, 6.45) is 1.81. The zero-order valence-electron chi connectivity index (χ0n) is 15.3. The Kier molecular flexibility index (Phi) is 4.99. The van der Waals surface area contributed by atoms with Crippen LogP contribution in [0.25, 0.3) is 10.9 Å². The van der Waals surface area contributed by atoms with E-state index in [4.69, 9.17) is 9.84 Å². The molecule has 1 N–H and O–H groups in total. The van der Waals surface area contributed by atoms with Gasteiger partial charge in [0.2, 0.25) is 0 Å². The Morgan fingerprint density at radius 3 is 2.52 bits per heavy atom. The summed E-state index contributed by atoms with van der Waals surface area (Å²) in [5.41, 5.74) is 2.67. The standard InChI is InChI=1S/C23H17F2NO3/c24-17-7-10-20(25)22(12-17)29-18-8-5-15(6-9-18)13-26-14-16(11-23(27)28)19-3-1-2-4-21(19)26/h1-10,12,14H,11,13H2,(H,27,28). The first-order chi connectivity index (χ1) is 14.0. The lowest BCUT2D eigenvalue weighted by Gasteiger charge is -2.09. The highest BCUT2D eigenvalue weighted by molar-refractivity contribution is 5.87. The molecule has 1 heterocycles. The van der Waals surface area contributed by atoms with Crippen LogP contribution in [-0.4, -0.2) is 15.6 Å². The molecule has 146 valence electrons. The summed E-state index contributed by atoms with van der Waals surface area (Å²) in [5.74, 6) is -1.87. The van der Waals surface area contributed by atoms with Crippen molar-refractivity contribution in [3.05, 3.63) is 95.7 Å². The minimum Gasteiger partial charge on any atom is -0.481 e. The van der Waals surface area contributed by atoms with Crippen LogP contribution in [0.15, 0.2) is 72.9 Å². The Bertz CT molecular complexity index is 1180. The van der Waals surface area contributed by atoms with Crippen molar-refractivity contribution in [1.29, 1.82) is 0 Å². The number of aliphatic carboxylic acids is 1. The molecule has 0 aliphatic rings. The third-order valence-corrected chi connectivity index (χ3v) is 4.61. The van der Waals surface area contributed by atoms with Crippen molar-refractivity contribution < 1.29 is 23.4 Å². The molecule has 6 heteroatoms. The maximum absolute atomic E-state index is 13.7. The highest BCUT2D eigenvalue weighted by Crippen LogP contribution is 2.27. The van der Waals surface area contributed by atoms with Gasteiger partial charge in [0, 0.05) is 29.7 Å². The lowest BCUT2D eigenvalue weighted by molar-refractivity contribution is -0.136. The fraction of sp³-hybridized carbons (Fsp3) is 0.0870. The Labute approximate surface area is 165 Å². The number of carboxylic acid groups (broad SMARTS) is 1. The Hall–Kier alpha value is -3.67. The van der Waals surface area contributed by atoms with Gasteiger partial charge < -0.3 is 14.4 Å². The highest BCUT2D eigenvalue weighted by atomic mass is 19.1. The summed E-state index contributed by atoms with van der Waals surface area (Å²) >= 11 is 0. The van der Waals surface area contributed by atoms with E-state index in [0.717, 1.165) is 40.2 Å². The average Bonchev–Trinajstić information content (AvgIpc) is 3.03. The lowest BCUT2D eigenvalue weighted by Crippen LogP contribution is -2.00. The van der Waals surface area contributed by atoms with E-state index in [0.29, 0.717) is 12.3 Å². The fourth-order valence-electron chi connectivity index (χ4n) is 3.30. The monoisotopic (exact) mass is 393 g/mol. The summed E-state index contributed by atoms with van der Waals surface area (Å²) in [5, 5.41) is 10.1. The fourth-order valence-corrected chi connectivity index (χ4v) is 3.30. The summed E-state index contributed by atoms with van der Waals surface area (Å²) in [6, 6.07) is 17.7. The molecule has 0 amide bonds. The second-order valence-corrected chi connectivity index (χ2v) is 6.69. The van der Waals surface area contributed by atoms with Crippen LogP contribution < -0.4 is 4.74 Å². The number of carbonyl (C=O) groups is 1. The molecule has 4 aromatic rings. The smallest absolute Gasteiger partial charge is 0.307 e. The number of aromatic nitrogens is 1. The highest BCUT2D eigenvalue weighted by Gasteiger charge is 2.12. The summed E-state index contributed by atoms with van der Waals surface area (Å²) in [7, 11) is 0. The van der Waals surface area contributed by atoms with E-state index in [2.05, 4.69) is 0 Å². The predicted octanol–water partition coefficient (Wildman–Crippen LogP) is 5.39. The second kappa shape index (κ2) is 7.75. The molecule has 0 saturated heterocycles. The van der Waals surface area contributed by atoms with E-state index >= 15 is 0 Å². The first-order valence-electron chi connectivity index (χ1n) is 9.00. The Morgan fingerprint density at radius 1 is 1.00 bits per heavy atom. The third-order valence-electron chi connectivity index (χ3n) is 4.61. The van der Waals surface area contributed by atoms with E-state index in [9.17, 15) is 13.6 Å². The number of fused-ring (bicyclic) bond motifs is 1. The minimum atomic E-state index is -0.876. The van der Waals surface area contributed by atoms with Gasteiger partial charge >= 0.3 is 5.97 Å². The van der Waals surface area contributed by atoms with Gasteiger partial charge in [-0.2, -0.15) is 0 Å². The first-order valence-corrected chi connectivity index (χ1v) is 9.00. The zero-order valence-corrected chi connectivity index (χ0v) is 15.3. The molecular weight excluding hydrogens is 376 g/mol. The number of ether oxygens (including phenoxy) is 1. The van der Waals surface area contributed by atoms with Crippen LogP contribution in [0.3, 0.4) is 0 Å². The van der Waals surface area contributed by atoms with Crippen molar-refractivity contribution in [2.45, 2.75) is 13.0 Å². The number of hydrogen-bond acceptors (Lipinski definition) is 2. The number of carboxylic acids is 1. The molecule has 0 bridgehead atoms. The zero-order chi connectivity index (χ0) is 20.4. The largest absolute Gasteiger partial charge is 0.481 e. The van der Waals surface area contributed by atoms with Gasteiger partial charge in [-0.3, -0.25) is 4.79 Å². The van der Waals surface area contributed by atoms with Gasteiger partial charge in [-0.15, -0.1) is 0 Å². The maximum atomic E-state index is 13.7. The van der Waals surface area contributed by atoms with Crippen LogP contribution in [0.1, 0.15) is 11.1 Å². The molecule has 0 aliphatic heterocycles. The second-order valence-electron chi connectivity index (χ2n) is 6.69. The lowest BCUT2D eigenvalue weighted by atomic mass is 10.1. The van der Waals surface area contributed by atoms with Gasteiger partial charge in [-0.1, -0.05) is 30.3 Å². The summed E-state index contributed by atoms with van der Waals surface area (Å²) < 4.78 is 34.4. The van der Waals surface area contributed by atoms with Crippen LogP contribution in [0.2, 0.25) is 0 Å². The third kappa shape index (κ3) is 4.11. The van der Waals surface area contributed by atoms with Crippen LogP contribution in [0, 0.1) is 11.6 Å². The molecule has 3 aromatic carbocycles.